The summed E-state index contributed by atoms with van der Waals surface area (Å²) in [5.41, 5.74) is 6.08. The molecule has 0 aromatic heterocycles. The topological polar surface area (TPSA) is 91.1 Å². The average molecular weight is 316 g/mol. The molecule has 0 aliphatic carbocycles. The van der Waals surface area contributed by atoms with Gasteiger partial charge in [-0.3, -0.25) is 0 Å². The Morgan fingerprint density at radius 1 is 1.14 bits per heavy atom. The highest BCUT2D eigenvalue weighted by Gasteiger charge is 2.29. The van der Waals surface area contributed by atoms with Gasteiger partial charge in [0.15, 0.2) is 0 Å². The highest BCUT2D eigenvalue weighted by Crippen LogP contribution is 2.35. The van der Waals surface area contributed by atoms with E-state index in [1.54, 1.807) is 0 Å². The third-order valence-electron chi connectivity index (χ3n) is 3.32. The summed E-state index contributed by atoms with van der Waals surface area (Å²) in [5.74, 6) is 0.594. The lowest BCUT2D eigenvalue weighted by Crippen LogP contribution is -2.33. The molecule has 2 N–H and O–H groups in total. The third-order valence-corrected chi connectivity index (χ3v) is 5.23. The number of anilines is 1. The Kier molecular flexibility index (Phi) is 4.92. The summed E-state index contributed by atoms with van der Waals surface area (Å²) in [4.78, 5) is 0.0465. The van der Waals surface area contributed by atoms with Gasteiger partial charge in [0.25, 0.3) is 0 Å². The summed E-state index contributed by atoms with van der Waals surface area (Å²) in [6.07, 6.45) is 0.660. The fourth-order valence-electron chi connectivity index (χ4n) is 2.20. The lowest BCUT2D eigenvalue weighted by molar-refractivity contribution is 0.148. The van der Waals surface area contributed by atoms with Crippen molar-refractivity contribution in [3.8, 4) is 11.5 Å². The SMILES string of the molecule is COc1cc(OC)c(S(=O)(=O)N2CCCOCC2)cc1N. The first kappa shape index (κ1) is 15.9. The number of methoxy groups -OCH3 is 2. The average Bonchev–Trinajstić information content (AvgIpc) is 2.76. The number of nitrogens with two attached hydrogens (primary N) is 1. The van der Waals surface area contributed by atoms with Crippen molar-refractivity contribution in [2.24, 2.45) is 0 Å². The first-order valence-corrected chi connectivity index (χ1v) is 8.04. The summed E-state index contributed by atoms with van der Waals surface area (Å²) in [6, 6.07) is 2.86. The van der Waals surface area contributed by atoms with Crippen LogP contribution in [0.1, 0.15) is 6.42 Å². The molecule has 1 heterocycles. The van der Waals surface area contributed by atoms with Gasteiger partial charge < -0.3 is 19.9 Å². The van der Waals surface area contributed by atoms with Gasteiger partial charge in [-0.15, -0.1) is 0 Å². The Bertz CT molecular complexity index is 595. The highest BCUT2D eigenvalue weighted by molar-refractivity contribution is 7.89. The first-order chi connectivity index (χ1) is 10.0. The number of hydrogen-bond donors (Lipinski definition) is 1. The van der Waals surface area contributed by atoms with E-state index in [1.807, 2.05) is 0 Å². The Labute approximate surface area is 124 Å². The number of benzene rings is 1. The summed E-state index contributed by atoms with van der Waals surface area (Å²) >= 11 is 0. The van der Waals surface area contributed by atoms with E-state index in [4.69, 9.17) is 19.9 Å². The molecule has 7 nitrogen and oxygen atoms in total. The van der Waals surface area contributed by atoms with Crippen molar-refractivity contribution in [2.45, 2.75) is 11.3 Å². The predicted molar refractivity (Wildman–Crippen MR) is 78.2 cm³/mol. The predicted octanol–water partition coefficient (Wildman–Crippen LogP) is 0.697. The smallest absolute Gasteiger partial charge is 0.246 e. The lowest BCUT2D eigenvalue weighted by Gasteiger charge is -2.21. The zero-order valence-electron chi connectivity index (χ0n) is 12.2. The molecule has 0 spiro atoms. The van der Waals surface area contributed by atoms with Crippen LogP contribution in [0, 0.1) is 0 Å². The maximum absolute atomic E-state index is 12.8. The molecule has 1 fully saturated rings. The van der Waals surface area contributed by atoms with Gasteiger partial charge in [-0.1, -0.05) is 0 Å². The van der Waals surface area contributed by atoms with E-state index in [-0.39, 0.29) is 16.3 Å². The summed E-state index contributed by atoms with van der Waals surface area (Å²) in [5, 5.41) is 0. The second kappa shape index (κ2) is 6.50. The van der Waals surface area contributed by atoms with Crippen LogP contribution in [0.3, 0.4) is 0 Å². The van der Waals surface area contributed by atoms with Crippen LogP contribution in [0.25, 0.3) is 0 Å². The van der Waals surface area contributed by atoms with Crippen LogP contribution in [-0.2, 0) is 14.8 Å². The summed E-state index contributed by atoms with van der Waals surface area (Å²) in [7, 11) is -0.807. The van der Waals surface area contributed by atoms with Gasteiger partial charge in [0.1, 0.15) is 16.4 Å². The fourth-order valence-corrected chi connectivity index (χ4v) is 3.83. The van der Waals surface area contributed by atoms with E-state index in [9.17, 15) is 8.42 Å². The number of ether oxygens (including phenoxy) is 3. The Balaban J connectivity index is 2.45. The highest BCUT2D eigenvalue weighted by atomic mass is 32.2. The summed E-state index contributed by atoms with van der Waals surface area (Å²) < 4.78 is 42.5. The molecule has 2 rings (SSSR count). The van der Waals surface area contributed by atoms with E-state index >= 15 is 0 Å². The van der Waals surface area contributed by atoms with Crippen LogP contribution in [0.4, 0.5) is 5.69 Å². The second-order valence-corrected chi connectivity index (χ2v) is 6.52. The van der Waals surface area contributed by atoms with E-state index in [1.165, 1.54) is 30.7 Å². The maximum atomic E-state index is 12.8. The van der Waals surface area contributed by atoms with Crippen molar-refractivity contribution in [3.05, 3.63) is 12.1 Å². The van der Waals surface area contributed by atoms with Gasteiger partial charge in [0.2, 0.25) is 10.0 Å². The van der Waals surface area contributed by atoms with Crippen molar-refractivity contribution in [2.75, 3.05) is 46.3 Å². The van der Waals surface area contributed by atoms with Crippen LogP contribution in [-0.4, -0.2) is 53.2 Å². The molecule has 1 aliphatic heterocycles. The quantitative estimate of drug-likeness (QED) is 0.822. The molecular weight excluding hydrogens is 296 g/mol. The maximum Gasteiger partial charge on any atom is 0.246 e. The minimum Gasteiger partial charge on any atom is -0.495 e. The molecule has 0 bridgehead atoms. The third kappa shape index (κ3) is 3.22. The number of hydrogen-bond acceptors (Lipinski definition) is 6. The molecule has 0 unspecified atom stereocenters. The van der Waals surface area contributed by atoms with Gasteiger partial charge in [0.05, 0.1) is 26.5 Å². The standard InChI is InChI=1S/C13H20N2O5S/c1-18-11-9-12(19-2)13(8-10(11)14)21(16,17)15-4-3-6-20-7-5-15/h8-9H,3-7,14H2,1-2H3. The zero-order valence-corrected chi connectivity index (χ0v) is 13.0. The minimum absolute atomic E-state index is 0.0465. The number of sulfonamides is 1. The van der Waals surface area contributed by atoms with Crippen LogP contribution in [0.15, 0.2) is 17.0 Å². The van der Waals surface area contributed by atoms with Crippen LogP contribution >= 0.6 is 0 Å². The van der Waals surface area contributed by atoms with E-state index in [0.29, 0.717) is 38.5 Å². The molecule has 0 saturated carbocycles. The lowest BCUT2D eigenvalue weighted by atomic mass is 10.3. The van der Waals surface area contributed by atoms with Crippen molar-refractivity contribution < 1.29 is 22.6 Å². The van der Waals surface area contributed by atoms with E-state index in [2.05, 4.69) is 0 Å². The number of nitrogen functional groups attached to an aromatic ring is 1. The van der Waals surface area contributed by atoms with Gasteiger partial charge in [-0.25, -0.2) is 8.42 Å². The van der Waals surface area contributed by atoms with Crippen LogP contribution in [0.5, 0.6) is 11.5 Å². The Hall–Kier alpha value is -1.51. The molecule has 118 valence electrons. The van der Waals surface area contributed by atoms with Crippen molar-refractivity contribution in [1.82, 2.24) is 4.31 Å². The largest absolute Gasteiger partial charge is 0.495 e. The first-order valence-electron chi connectivity index (χ1n) is 6.60. The molecule has 1 aliphatic rings. The number of rotatable bonds is 4. The van der Waals surface area contributed by atoms with Crippen molar-refractivity contribution in [1.29, 1.82) is 0 Å². The van der Waals surface area contributed by atoms with E-state index in [0.717, 1.165) is 0 Å². The van der Waals surface area contributed by atoms with Gasteiger partial charge >= 0.3 is 0 Å². The molecule has 1 saturated heterocycles. The zero-order chi connectivity index (χ0) is 15.5. The molecule has 0 radical (unpaired) electrons. The van der Waals surface area contributed by atoms with Crippen molar-refractivity contribution in [3.63, 3.8) is 0 Å². The minimum atomic E-state index is -3.68. The molecule has 21 heavy (non-hydrogen) atoms. The molecular formula is C13H20N2O5S. The van der Waals surface area contributed by atoms with Crippen molar-refractivity contribution >= 4 is 15.7 Å². The van der Waals surface area contributed by atoms with Crippen LogP contribution in [0.2, 0.25) is 0 Å². The van der Waals surface area contributed by atoms with Crippen LogP contribution < -0.4 is 15.2 Å². The van der Waals surface area contributed by atoms with Gasteiger partial charge in [-0.2, -0.15) is 4.31 Å². The molecule has 8 heteroatoms. The monoisotopic (exact) mass is 316 g/mol. The molecule has 1 aromatic carbocycles. The Morgan fingerprint density at radius 2 is 1.86 bits per heavy atom. The van der Waals surface area contributed by atoms with Gasteiger partial charge in [-0.05, 0) is 12.5 Å². The number of nitrogens with zero attached hydrogens (tertiary/aromatic N) is 1. The van der Waals surface area contributed by atoms with Gasteiger partial charge in [0, 0.05) is 25.8 Å². The second-order valence-electron chi connectivity index (χ2n) is 4.62. The summed E-state index contributed by atoms with van der Waals surface area (Å²) in [6.45, 7) is 1.68. The Morgan fingerprint density at radius 3 is 2.52 bits per heavy atom. The fraction of sp³-hybridized carbons (Fsp3) is 0.538. The van der Waals surface area contributed by atoms with E-state index < -0.39 is 10.0 Å². The molecule has 0 atom stereocenters. The normalized spacial score (nSPS) is 17.2. The molecule has 0 amide bonds. The molecule has 1 aromatic rings.